The average Bonchev–Trinajstić information content (AvgIpc) is 2.25. The van der Waals surface area contributed by atoms with Crippen molar-refractivity contribution in [2.24, 2.45) is 5.73 Å². The predicted molar refractivity (Wildman–Crippen MR) is 54.4 cm³/mol. The summed E-state index contributed by atoms with van der Waals surface area (Å²) in [6, 6.07) is 7.21. The molecule has 0 radical (unpaired) electrons. The highest BCUT2D eigenvalue weighted by Gasteiger charge is 2.31. The average molecular weight is 208 g/mol. The first-order chi connectivity index (χ1) is 7.24. The Bertz CT molecular complexity index is 381. The summed E-state index contributed by atoms with van der Waals surface area (Å²) in [6.45, 7) is 0.174. The van der Waals surface area contributed by atoms with Crippen molar-refractivity contribution in [3.8, 4) is 5.75 Å². The fourth-order valence-corrected chi connectivity index (χ4v) is 1.50. The fraction of sp³-hybridized carbons (Fsp3) is 0.300. The van der Waals surface area contributed by atoms with Gasteiger partial charge in [0.25, 0.3) is 5.91 Å². The second-order valence-electron chi connectivity index (χ2n) is 3.19. The minimum absolute atomic E-state index is 0.174. The van der Waals surface area contributed by atoms with Crippen LogP contribution in [0.2, 0.25) is 0 Å². The van der Waals surface area contributed by atoms with E-state index in [1.807, 2.05) is 12.1 Å². The third-order valence-electron chi connectivity index (χ3n) is 2.18. The van der Waals surface area contributed by atoms with Crippen LogP contribution >= 0.6 is 0 Å². The Morgan fingerprint density at radius 1 is 1.53 bits per heavy atom. The molecule has 15 heavy (non-hydrogen) atoms. The number of fused-ring (bicyclic) bond motifs is 1. The third-order valence-corrected chi connectivity index (χ3v) is 2.18. The zero-order chi connectivity index (χ0) is 10.8. The van der Waals surface area contributed by atoms with Gasteiger partial charge in [0, 0.05) is 7.11 Å². The maximum absolute atomic E-state index is 11.7. The third kappa shape index (κ3) is 1.67. The molecule has 1 atom stereocenters. The number of rotatable bonds is 2. The minimum atomic E-state index is -0.949. The van der Waals surface area contributed by atoms with Crippen molar-refractivity contribution >= 4 is 11.6 Å². The molecular formula is C10H12N2O3. The van der Waals surface area contributed by atoms with Crippen molar-refractivity contribution in [1.82, 2.24) is 0 Å². The first kappa shape index (κ1) is 9.95. The van der Waals surface area contributed by atoms with Crippen molar-refractivity contribution in [2.75, 3.05) is 18.7 Å². The Labute approximate surface area is 87.4 Å². The molecule has 1 aromatic rings. The molecule has 1 amide bonds. The Kier molecular flexibility index (Phi) is 2.57. The van der Waals surface area contributed by atoms with E-state index in [2.05, 4.69) is 0 Å². The maximum atomic E-state index is 11.7. The van der Waals surface area contributed by atoms with Crippen molar-refractivity contribution in [3.05, 3.63) is 24.3 Å². The highest BCUT2D eigenvalue weighted by molar-refractivity contribution is 5.99. The van der Waals surface area contributed by atoms with Crippen LogP contribution in [-0.4, -0.2) is 26.0 Å². The number of carbonyl (C=O) groups excluding carboxylic acids is 1. The lowest BCUT2D eigenvalue weighted by Gasteiger charge is -2.31. The second-order valence-corrected chi connectivity index (χ2v) is 3.19. The molecule has 0 aromatic heterocycles. The predicted octanol–water partition coefficient (Wildman–Crippen LogP) is 0.301. The number of carbonyl (C=O) groups is 1. The van der Waals surface area contributed by atoms with Crippen LogP contribution in [0.25, 0.3) is 0 Å². The van der Waals surface area contributed by atoms with Crippen LogP contribution in [0.5, 0.6) is 5.75 Å². The molecule has 1 aliphatic rings. The van der Waals surface area contributed by atoms with E-state index >= 15 is 0 Å². The lowest BCUT2D eigenvalue weighted by atomic mass is 10.2. The normalized spacial score (nSPS) is 19.7. The van der Waals surface area contributed by atoms with Crippen LogP contribution in [0.4, 0.5) is 5.69 Å². The molecule has 1 aliphatic heterocycles. The van der Waals surface area contributed by atoms with Gasteiger partial charge in [-0.25, -0.2) is 0 Å². The topological polar surface area (TPSA) is 64.8 Å². The Morgan fingerprint density at radius 2 is 2.27 bits per heavy atom. The highest BCUT2D eigenvalue weighted by atomic mass is 16.5. The summed E-state index contributed by atoms with van der Waals surface area (Å²) in [4.78, 5) is 13.1. The van der Waals surface area contributed by atoms with Gasteiger partial charge in [0.1, 0.15) is 12.5 Å². The van der Waals surface area contributed by atoms with Gasteiger partial charge in [-0.15, -0.1) is 0 Å². The quantitative estimate of drug-likeness (QED) is 0.759. The van der Waals surface area contributed by atoms with Gasteiger partial charge in [0.05, 0.1) is 5.69 Å². The van der Waals surface area contributed by atoms with E-state index in [0.717, 1.165) is 0 Å². The van der Waals surface area contributed by atoms with Gasteiger partial charge in [-0.1, -0.05) is 12.1 Å². The zero-order valence-electron chi connectivity index (χ0n) is 8.34. The van der Waals surface area contributed by atoms with Crippen molar-refractivity contribution in [3.63, 3.8) is 0 Å². The zero-order valence-corrected chi connectivity index (χ0v) is 8.34. The summed E-state index contributed by atoms with van der Waals surface area (Å²) >= 11 is 0. The minimum Gasteiger partial charge on any atom is -0.464 e. The smallest absolute Gasteiger partial charge is 0.285 e. The number of para-hydroxylation sites is 2. The molecule has 0 saturated carbocycles. The highest BCUT2D eigenvalue weighted by Crippen LogP contribution is 2.32. The largest absolute Gasteiger partial charge is 0.464 e. The number of nitrogens with two attached hydrogens (primary N) is 1. The summed E-state index contributed by atoms with van der Waals surface area (Å²) in [5, 5.41) is 0. The molecule has 1 heterocycles. The van der Waals surface area contributed by atoms with Gasteiger partial charge >= 0.3 is 0 Å². The Balaban J connectivity index is 2.40. The molecule has 0 bridgehead atoms. The number of methoxy groups -OCH3 is 1. The van der Waals surface area contributed by atoms with E-state index < -0.39 is 6.23 Å². The Hall–Kier alpha value is -1.59. The number of hydrogen-bond acceptors (Lipinski definition) is 4. The van der Waals surface area contributed by atoms with Gasteiger partial charge in [-0.2, -0.15) is 0 Å². The van der Waals surface area contributed by atoms with Crippen LogP contribution in [0.1, 0.15) is 0 Å². The van der Waals surface area contributed by atoms with Crippen LogP contribution < -0.4 is 15.4 Å². The van der Waals surface area contributed by atoms with E-state index in [-0.39, 0.29) is 12.6 Å². The maximum Gasteiger partial charge on any atom is 0.285 e. The molecule has 2 N–H and O–H groups in total. The van der Waals surface area contributed by atoms with Gasteiger partial charge < -0.3 is 9.47 Å². The number of amides is 1. The molecule has 80 valence electrons. The van der Waals surface area contributed by atoms with Gasteiger partial charge in [-0.3, -0.25) is 15.4 Å². The van der Waals surface area contributed by atoms with E-state index in [1.54, 1.807) is 12.1 Å². The number of nitrogens with zero attached hydrogens (tertiary/aromatic N) is 1. The molecule has 0 fully saturated rings. The molecule has 1 aromatic carbocycles. The SMILES string of the molecule is COCN1C(=O)C(N)Oc2ccccc21. The molecule has 1 unspecified atom stereocenters. The van der Waals surface area contributed by atoms with Crippen LogP contribution in [0, 0.1) is 0 Å². The van der Waals surface area contributed by atoms with Crippen LogP contribution in [0.15, 0.2) is 24.3 Å². The number of ether oxygens (including phenoxy) is 2. The first-order valence-electron chi connectivity index (χ1n) is 4.55. The van der Waals surface area contributed by atoms with E-state index in [1.165, 1.54) is 12.0 Å². The molecule has 5 nitrogen and oxygen atoms in total. The van der Waals surface area contributed by atoms with E-state index in [9.17, 15) is 4.79 Å². The van der Waals surface area contributed by atoms with Crippen molar-refractivity contribution in [2.45, 2.75) is 6.23 Å². The summed E-state index contributed by atoms with van der Waals surface area (Å²) in [5.41, 5.74) is 6.23. The number of hydrogen-bond donors (Lipinski definition) is 1. The van der Waals surface area contributed by atoms with E-state index in [4.69, 9.17) is 15.2 Å². The first-order valence-corrected chi connectivity index (χ1v) is 4.55. The summed E-state index contributed by atoms with van der Waals surface area (Å²) < 4.78 is 10.2. The van der Waals surface area contributed by atoms with Crippen LogP contribution in [-0.2, 0) is 9.53 Å². The fourth-order valence-electron chi connectivity index (χ4n) is 1.50. The van der Waals surface area contributed by atoms with Gasteiger partial charge in [-0.05, 0) is 12.1 Å². The second kappa shape index (κ2) is 3.88. The standard InChI is InChI=1S/C10H12N2O3/c1-14-6-12-7-4-2-3-5-8(7)15-9(11)10(12)13/h2-5,9H,6,11H2,1H3. The molecular weight excluding hydrogens is 196 g/mol. The van der Waals surface area contributed by atoms with Gasteiger partial charge in [0.2, 0.25) is 6.23 Å². The molecule has 0 saturated heterocycles. The molecule has 0 spiro atoms. The molecule has 5 heteroatoms. The lowest BCUT2D eigenvalue weighted by molar-refractivity contribution is -0.127. The summed E-state index contributed by atoms with van der Waals surface area (Å²) in [7, 11) is 1.52. The Morgan fingerprint density at radius 3 is 3.00 bits per heavy atom. The summed E-state index contributed by atoms with van der Waals surface area (Å²) in [6.07, 6.45) is -0.949. The lowest BCUT2D eigenvalue weighted by Crippen LogP contribution is -2.51. The summed E-state index contributed by atoms with van der Waals surface area (Å²) in [5.74, 6) is 0.303. The number of benzene rings is 1. The van der Waals surface area contributed by atoms with Gasteiger partial charge in [0.15, 0.2) is 0 Å². The molecule has 0 aliphatic carbocycles. The molecule has 2 rings (SSSR count). The van der Waals surface area contributed by atoms with Crippen molar-refractivity contribution < 1.29 is 14.3 Å². The van der Waals surface area contributed by atoms with Crippen LogP contribution in [0.3, 0.4) is 0 Å². The monoisotopic (exact) mass is 208 g/mol. The van der Waals surface area contributed by atoms with E-state index in [0.29, 0.717) is 11.4 Å². The number of anilines is 1. The van der Waals surface area contributed by atoms with Crippen molar-refractivity contribution in [1.29, 1.82) is 0 Å².